The van der Waals surface area contributed by atoms with Crippen molar-refractivity contribution in [3.05, 3.63) is 40.1 Å². The fourth-order valence-electron chi connectivity index (χ4n) is 2.25. The molecule has 0 saturated heterocycles. The first-order chi connectivity index (χ1) is 7.83. The van der Waals surface area contributed by atoms with Gasteiger partial charge in [0.05, 0.1) is 0 Å². The van der Waals surface area contributed by atoms with Crippen LogP contribution in [0.25, 0.3) is 0 Å². The number of imidazole rings is 1. The molecular formula is C12H15N3S. The zero-order valence-corrected chi connectivity index (χ0v) is 9.91. The molecule has 1 aliphatic rings. The summed E-state index contributed by atoms with van der Waals surface area (Å²) in [4.78, 5) is 5.89. The van der Waals surface area contributed by atoms with Crippen LogP contribution in [0.2, 0.25) is 0 Å². The smallest absolute Gasteiger partial charge is 0.114 e. The first kappa shape index (κ1) is 10.1. The zero-order chi connectivity index (χ0) is 11.0. The van der Waals surface area contributed by atoms with Gasteiger partial charge in [-0.3, -0.25) is 0 Å². The van der Waals surface area contributed by atoms with E-state index in [9.17, 15) is 0 Å². The topological polar surface area (TPSA) is 43.8 Å². The highest BCUT2D eigenvalue weighted by Crippen LogP contribution is 2.20. The minimum atomic E-state index is 0.295. The number of thiophene rings is 1. The molecule has 0 bridgehead atoms. The van der Waals surface area contributed by atoms with Crippen molar-refractivity contribution in [2.45, 2.75) is 31.8 Å². The number of rotatable bonds is 2. The van der Waals surface area contributed by atoms with Gasteiger partial charge in [-0.05, 0) is 24.3 Å². The summed E-state index contributed by atoms with van der Waals surface area (Å²) in [5, 5.41) is 2.11. The van der Waals surface area contributed by atoms with E-state index in [-0.39, 0.29) is 0 Å². The van der Waals surface area contributed by atoms with Crippen molar-refractivity contribution < 1.29 is 0 Å². The lowest BCUT2D eigenvalue weighted by Crippen LogP contribution is -2.32. The predicted octanol–water partition coefficient (Wildman–Crippen LogP) is 1.81. The molecule has 2 aromatic rings. The van der Waals surface area contributed by atoms with Crippen LogP contribution in [-0.2, 0) is 19.4 Å². The maximum absolute atomic E-state index is 6.01. The molecule has 2 aromatic heterocycles. The van der Waals surface area contributed by atoms with E-state index in [1.54, 1.807) is 11.3 Å². The number of hydrogen-bond donors (Lipinski definition) is 1. The van der Waals surface area contributed by atoms with Crippen molar-refractivity contribution in [1.82, 2.24) is 9.55 Å². The lowest BCUT2D eigenvalue weighted by molar-refractivity contribution is 0.451. The van der Waals surface area contributed by atoms with E-state index in [4.69, 9.17) is 5.73 Å². The second-order valence-electron chi connectivity index (χ2n) is 4.33. The van der Waals surface area contributed by atoms with Crippen molar-refractivity contribution >= 4 is 11.3 Å². The average Bonchev–Trinajstić information content (AvgIpc) is 2.90. The normalized spacial score (nSPS) is 19.7. The Balaban J connectivity index is 1.88. The molecule has 0 fully saturated rings. The molecule has 0 saturated carbocycles. The van der Waals surface area contributed by atoms with Crippen LogP contribution in [0, 0.1) is 0 Å². The third-order valence-corrected chi connectivity index (χ3v) is 4.00. The molecule has 16 heavy (non-hydrogen) atoms. The van der Waals surface area contributed by atoms with Gasteiger partial charge in [0.1, 0.15) is 5.82 Å². The number of nitrogens with two attached hydrogens (primary N) is 1. The van der Waals surface area contributed by atoms with E-state index in [1.807, 2.05) is 6.20 Å². The molecule has 1 aliphatic heterocycles. The molecule has 84 valence electrons. The first-order valence-electron chi connectivity index (χ1n) is 5.64. The lowest BCUT2D eigenvalue weighted by Gasteiger charge is -2.22. The number of aromatic nitrogens is 2. The highest BCUT2D eigenvalue weighted by Gasteiger charge is 2.18. The van der Waals surface area contributed by atoms with Crippen molar-refractivity contribution in [2.75, 3.05) is 0 Å². The Labute approximate surface area is 98.9 Å². The number of hydrogen-bond acceptors (Lipinski definition) is 3. The van der Waals surface area contributed by atoms with E-state index in [2.05, 4.69) is 27.1 Å². The van der Waals surface area contributed by atoms with Crippen molar-refractivity contribution in [3.63, 3.8) is 0 Å². The van der Waals surface area contributed by atoms with Gasteiger partial charge in [-0.15, -0.1) is 11.3 Å². The van der Waals surface area contributed by atoms with Crippen LogP contribution >= 0.6 is 11.3 Å². The molecule has 0 radical (unpaired) electrons. The van der Waals surface area contributed by atoms with Crippen LogP contribution in [0.4, 0.5) is 0 Å². The van der Waals surface area contributed by atoms with Crippen LogP contribution in [0.3, 0.4) is 0 Å². The van der Waals surface area contributed by atoms with Crippen molar-refractivity contribution in [3.8, 4) is 0 Å². The fourth-order valence-corrected chi connectivity index (χ4v) is 2.95. The van der Waals surface area contributed by atoms with Gasteiger partial charge in [0, 0.05) is 35.8 Å². The Kier molecular flexibility index (Phi) is 2.53. The third kappa shape index (κ3) is 1.79. The minimum Gasteiger partial charge on any atom is -0.330 e. The fraction of sp³-hybridized carbons (Fsp3) is 0.417. The molecular weight excluding hydrogens is 218 g/mol. The SMILES string of the molecule is NC1CCc2cnc(Cc3cccs3)n2C1. The summed E-state index contributed by atoms with van der Waals surface area (Å²) in [5.74, 6) is 1.16. The number of fused-ring (bicyclic) bond motifs is 1. The van der Waals surface area contributed by atoms with E-state index in [0.717, 1.165) is 31.6 Å². The molecule has 1 unspecified atom stereocenters. The Hall–Kier alpha value is -1.13. The van der Waals surface area contributed by atoms with Crippen molar-refractivity contribution in [1.29, 1.82) is 0 Å². The van der Waals surface area contributed by atoms with Gasteiger partial charge in [0.2, 0.25) is 0 Å². The summed E-state index contributed by atoms with van der Waals surface area (Å²) >= 11 is 1.79. The molecule has 1 atom stereocenters. The zero-order valence-electron chi connectivity index (χ0n) is 9.10. The van der Waals surface area contributed by atoms with E-state index < -0.39 is 0 Å². The molecule has 0 aliphatic carbocycles. The van der Waals surface area contributed by atoms with Crippen LogP contribution in [0.5, 0.6) is 0 Å². The molecule has 0 aromatic carbocycles. The molecule has 3 nitrogen and oxygen atoms in total. The first-order valence-corrected chi connectivity index (χ1v) is 6.52. The molecule has 4 heteroatoms. The molecule has 3 rings (SSSR count). The molecule has 0 amide bonds. The summed E-state index contributed by atoms with van der Waals surface area (Å²) in [6.07, 6.45) is 5.10. The van der Waals surface area contributed by atoms with Crippen LogP contribution < -0.4 is 5.73 Å². The Bertz CT molecular complexity index is 472. The van der Waals surface area contributed by atoms with E-state index in [1.165, 1.54) is 10.6 Å². The second kappa shape index (κ2) is 4.03. The summed E-state index contributed by atoms with van der Waals surface area (Å²) in [6.45, 7) is 0.927. The van der Waals surface area contributed by atoms with Gasteiger partial charge in [0.25, 0.3) is 0 Å². The average molecular weight is 233 g/mol. The highest BCUT2D eigenvalue weighted by molar-refractivity contribution is 7.09. The standard InChI is InChI=1S/C12H15N3S/c13-9-3-4-10-7-14-12(15(10)8-9)6-11-2-1-5-16-11/h1-2,5,7,9H,3-4,6,8,13H2. The third-order valence-electron chi connectivity index (χ3n) is 3.12. The quantitative estimate of drug-likeness (QED) is 0.859. The monoisotopic (exact) mass is 233 g/mol. The Morgan fingerprint density at radius 3 is 3.31 bits per heavy atom. The summed E-state index contributed by atoms with van der Waals surface area (Å²) in [5.41, 5.74) is 7.35. The van der Waals surface area contributed by atoms with Crippen LogP contribution in [0.1, 0.15) is 22.8 Å². The number of nitrogens with zero attached hydrogens (tertiary/aromatic N) is 2. The summed E-state index contributed by atoms with van der Waals surface area (Å²) in [6, 6.07) is 4.55. The lowest BCUT2D eigenvalue weighted by atomic mass is 10.1. The summed E-state index contributed by atoms with van der Waals surface area (Å²) in [7, 11) is 0. The van der Waals surface area contributed by atoms with Gasteiger partial charge in [-0.25, -0.2) is 4.98 Å². The van der Waals surface area contributed by atoms with Crippen molar-refractivity contribution in [2.24, 2.45) is 5.73 Å². The second-order valence-corrected chi connectivity index (χ2v) is 5.36. The predicted molar refractivity (Wildman–Crippen MR) is 65.6 cm³/mol. The van der Waals surface area contributed by atoms with Gasteiger partial charge < -0.3 is 10.3 Å². The molecule has 2 N–H and O–H groups in total. The Morgan fingerprint density at radius 1 is 1.56 bits per heavy atom. The maximum atomic E-state index is 6.01. The van der Waals surface area contributed by atoms with E-state index in [0.29, 0.717) is 6.04 Å². The van der Waals surface area contributed by atoms with Gasteiger partial charge in [-0.1, -0.05) is 6.07 Å². The van der Waals surface area contributed by atoms with Gasteiger partial charge in [0.15, 0.2) is 0 Å². The largest absolute Gasteiger partial charge is 0.330 e. The van der Waals surface area contributed by atoms with Crippen LogP contribution in [0.15, 0.2) is 23.7 Å². The Morgan fingerprint density at radius 2 is 2.50 bits per heavy atom. The molecule has 0 spiro atoms. The van der Waals surface area contributed by atoms with E-state index >= 15 is 0 Å². The summed E-state index contributed by atoms with van der Waals surface area (Å²) < 4.78 is 2.30. The van der Waals surface area contributed by atoms with Gasteiger partial charge >= 0.3 is 0 Å². The highest BCUT2D eigenvalue weighted by atomic mass is 32.1. The molecule has 3 heterocycles. The van der Waals surface area contributed by atoms with Gasteiger partial charge in [-0.2, -0.15) is 0 Å². The minimum absolute atomic E-state index is 0.295. The van der Waals surface area contributed by atoms with Crippen LogP contribution in [-0.4, -0.2) is 15.6 Å². The number of aryl methyl sites for hydroxylation is 1. The maximum Gasteiger partial charge on any atom is 0.114 e.